The second-order valence-electron chi connectivity index (χ2n) is 5.12. The molecule has 0 saturated heterocycles. The van der Waals surface area contributed by atoms with Gasteiger partial charge in [-0.05, 0) is 23.3 Å². The number of aromatic nitrogens is 2. The molecule has 0 N–H and O–H groups in total. The average molecular weight is 340 g/mol. The van der Waals surface area contributed by atoms with E-state index in [1.807, 2.05) is 54.6 Å². The lowest BCUT2D eigenvalue weighted by Gasteiger charge is -2.00. The molecule has 0 fully saturated rings. The Hall–Kier alpha value is -2.60. The summed E-state index contributed by atoms with van der Waals surface area (Å²) < 4.78 is 10.7. The van der Waals surface area contributed by atoms with Crippen LogP contribution in [-0.4, -0.2) is 22.4 Å². The van der Waals surface area contributed by atoms with Crippen LogP contribution in [0.25, 0.3) is 0 Å². The Kier molecular flexibility index (Phi) is 5.28. The summed E-state index contributed by atoms with van der Waals surface area (Å²) in [6.07, 6.45) is 0.853. The first kappa shape index (κ1) is 16.3. The standard InChI is InChI=1S/C18H16N2O3S/c1-22-15-9-7-14(8-10-15)11-16-19-20-18(23-16)24-17(21)12-13-5-3-2-4-6-13/h2-10H,11-12H2,1H3. The Bertz CT molecular complexity index is 801. The maximum absolute atomic E-state index is 12.0. The van der Waals surface area contributed by atoms with Gasteiger partial charge in [0.2, 0.25) is 11.0 Å². The maximum Gasteiger partial charge on any atom is 0.284 e. The normalized spacial score (nSPS) is 10.5. The zero-order valence-corrected chi connectivity index (χ0v) is 14.0. The molecule has 0 aliphatic heterocycles. The number of hydrogen-bond acceptors (Lipinski definition) is 6. The number of ether oxygens (including phenoxy) is 1. The third kappa shape index (κ3) is 4.45. The maximum atomic E-state index is 12.0. The number of hydrogen-bond donors (Lipinski definition) is 0. The summed E-state index contributed by atoms with van der Waals surface area (Å²) in [5, 5.41) is 8.17. The van der Waals surface area contributed by atoms with E-state index in [-0.39, 0.29) is 10.3 Å². The third-order valence-corrected chi connectivity index (χ3v) is 4.07. The number of nitrogens with zero attached hydrogens (tertiary/aromatic N) is 2. The Morgan fingerprint density at radius 2 is 1.79 bits per heavy atom. The molecule has 5 nitrogen and oxygen atoms in total. The first-order valence-corrected chi connectivity index (χ1v) is 8.24. The van der Waals surface area contributed by atoms with Crippen molar-refractivity contribution in [2.45, 2.75) is 18.1 Å². The summed E-state index contributed by atoms with van der Waals surface area (Å²) in [5.74, 6) is 1.28. The van der Waals surface area contributed by atoms with E-state index in [0.717, 1.165) is 28.6 Å². The fraction of sp³-hybridized carbons (Fsp3) is 0.167. The molecular formula is C18H16N2O3S. The SMILES string of the molecule is COc1ccc(Cc2nnc(SC(=O)Cc3ccccc3)o2)cc1. The topological polar surface area (TPSA) is 65.2 Å². The quantitative estimate of drug-likeness (QED) is 0.640. The van der Waals surface area contributed by atoms with Crippen LogP contribution in [0.1, 0.15) is 17.0 Å². The van der Waals surface area contributed by atoms with E-state index in [0.29, 0.717) is 18.7 Å². The number of methoxy groups -OCH3 is 1. The molecule has 0 radical (unpaired) electrons. The number of benzene rings is 2. The van der Waals surface area contributed by atoms with Crippen molar-refractivity contribution in [3.8, 4) is 5.75 Å². The molecular weight excluding hydrogens is 324 g/mol. The predicted octanol–water partition coefficient (Wildman–Crippen LogP) is 3.53. The van der Waals surface area contributed by atoms with Gasteiger partial charge in [0.15, 0.2) is 0 Å². The number of carbonyl (C=O) groups excluding carboxylic acids is 1. The molecule has 3 rings (SSSR count). The van der Waals surface area contributed by atoms with Gasteiger partial charge in [-0.1, -0.05) is 42.5 Å². The lowest BCUT2D eigenvalue weighted by atomic mass is 10.1. The van der Waals surface area contributed by atoms with Crippen molar-refractivity contribution in [2.24, 2.45) is 0 Å². The molecule has 3 aromatic rings. The van der Waals surface area contributed by atoms with E-state index in [9.17, 15) is 4.79 Å². The Labute approximate surface area is 144 Å². The van der Waals surface area contributed by atoms with Crippen LogP contribution in [0, 0.1) is 0 Å². The molecule has 1 aromatic heterocycles. The molecule has 0 unspecified atom stereocenters. The molecule has 0 bridgehead atoms. The lowest BCUT2D eigenvalue weighted by molar-refractivity contribution is -0.110. The molecule has 0 saturated carbocycles. The highest BCUT2D eigenvalue weighted by Crippen LogP contribution is 2.21. The lowest BCUT2D eigenvalue weighted by Crippen LogP contribution is -1.96. The monoisotopic (exact) mass is 340 g/mol. The van der Waals surface area contributed by atoms with Crippen molar-refractivity contribution in [2.75, 3.05) is 7.11 Å². The highest BCUT2D eigenvalue weighted by atomic mass is 32.2. The highest BCUT2D eigenvalue weighted by Gasteiger charge is 2.13. The van der Waals surface area contributed by atoms with Gasteiger partial charge in [-0.3, -0.25) is 4.79 Å². The predicted molar refractivity (Wildman–Crippen MR) is 91.1 cm³/mol. The van der Waals surface area contributed by atoms with E-state index in [1.54, 1.807) is 7.11 Å². The van der Waals surface area contributed by atoms with Crippen molar-refractivity contribution < 1.29 is 13.9 Å². The van der Waals surface area contributed by atoms with Gasteiger partial charge in [0.25, 0.3) is 5.22 Å². The van der Waals surface area contributed by atoms with Crippen LogP contribution in [0.2, 0.25) is 0 Å². The van der Waals surface area contributed by atoms with Crippen LogP contribution in [0.3, 0.4) is 0 Å². The minimum Gasteiger partial charge on any atom is -0.497 e. The van der Waals surface area contributed by atoms with Crippen molar-refractivity contribution >= 4 is 16.9 Å². The van der Waals surface area contributed by atoms with Gasteiger partial charge in [-0.15, -0.1) is 10.2 Å². The zero-order valence-electron chi connectivity index (χ0n) is 13.1. The van der Waals surface area contributed by atoms with Crippen molar-refractivity contribution in [1.29, 1.82) is 0 Å². The molecule has 0 aliphatic rings. The van der Waals surface area contributed by atoms with Crippen molar-refractivity contribution in [1.82, 2.24) is 10.2 Å². The summed E-state index contributed by atoms with van der Waals surface area (Å²) >= 11 is 0.977. The molecule has 0 spiro atoms. The van der Waals surface area contributed by atoms with E-state index in [4.69, 9.17) is 9.15 Å². The largest absolute Gasteiger partial charge is 0.497 e. The first-order chi connectivity index (χ1) is 11.7. The Balaban J connectivity index is 1.57. The number of carbonyl (C=O) groups is 1. The van der Waals surface area contributed by atoms with E-state index < -0.39 is 0 Å². The first-order valence-electron chi connectivity index (χ1n) is 7.43. The van der Waals surface area contributed by atoms with Gasteiger partial charge in [0, 0.05) is 18.2 Å². The van der Waals surface area contributed by atoms with E-state index >= 15 is 0 Å². The zero-order chi connectivity index (χ0) is 16.8. The van der Waals surface area contributed by atoms with E-state index in [1.165, 1.54) is 0 Å². The smallest absolute Gasteiger partial charge is 0.284 e. The fourth-order valence-electron chi connectivity index (χ4n) is 2.16. The summed E-state index contributed by atoms with van der Waals surface area (Å²) in [4.78, 5) is 12.0. The Morgan fingerprint density at radius 1 is 1.04 bits per heavy atom. The Morgan fingerprint density at radius 3 is 2.50 bits per heavy atom. The molecule has 2 aromatic carbocycles. The molecule has 0 atom stereocenters. The van der Waals surface area contributed by atoms with Gasteiger partial charge in [-0.25, -0.2) is 0 Å². The molecule has 0 aliphatic carbocycles. The van der Waals surface area contributed by atoms with Crippen LogP contribution < -0.4 is 4.74 Å². The molecule has 0 amide bonds. The minimum atomic E-state index is -0.0270. The van der Waals surface area contributed by atoms with Crippen LogP contribution in [0.4, 0.5) is 0 Å². The van der Waals surface area contributed by atoms with Crippen molar-refractivity contribution in [3.05, 3.63) is 71.6 Å². The second-order valence-corrected chi connectivity index (χ2v) is 6.13. The molecule has 1 heterocycles. The van der Waals surface area contributed by atoms with Crippen LogP contribution >= 0.6 is 11.8 Å². The number of rotatable bonds is 6. The van der Waals surface area contributed by atoms with Crippen LogP contribution in [0.15, 0.2) is 64.2 Å². The van der Waals surface area contributed by atoms with Gasteiger partial charge in [0.05, 0.1) is 13.5 Å². The number of thioether (sulfide) groups is 1. The van der Waals surface area contributed by atoms with E-state index in [2.05, 4.69) is 10.2 Å². The second kappa shape index (κ2) is 7.79. The fourth-order valence-corrected chi connectivity index (χ4v) is 2.82. The summed E-state index contributed by atoms with van der Waals surface area (Å²) in [6, 6.07) is 17.2. The average Bonchev–Trinajstić information content (AvgIpc) is 3.03. The van der Waals surface area contributed by atoms with Gasteiger partial charge in [0.1, 0.15) is 5.75 Å². The minimum absolute atomic E-state index is 0.0270. The summed E-state index contributed by atoms with van der Waals surface area (Å²) in [7, 11) is 1.63. The summed E-state index contributed by atoms with van der Waals surface area (Å²) in [5.41, 5.74) is 2.00. The van der Waals surface area contributed by atoms with Crippen LogP contribution in [0.5, 0.6) is 5.75 Å². The van der Waals surface area contributed by atoms with Gasteiger partial charge >= 0.3 is 0 Å². The van der Waals surface area contributed by atoms with Gasteiger partial charge < -0.3 is 9.15 Å². The third-order valence-electron chi connectivity index (χ3n) is 3.36. The van der Waals surface area contributed by atoms with Crippen LogP contribution in [-0.2, 0) is 17.6 Å². The summed E-state index contributed by atoms with van der Waals surface area (Å²) in [6.45, 7) is 0. The molecule has 122 valence electrons. The molecule has 24 heavy (non-hydrogen) atoms. The van der Waals surface area contributed by atoms with Crippen molar-refractivity contribution in [3.63, 3.8) is 0 Å². The van der Waals surface area contributed by atoms with Gasteiger partial charge in [-0.2, -0.15) is 0 Å². The highest BCUT2D eigenvalue weighted by molar-refractivity contribution is 8.13. The molecule has 6 heteroatoms.